The highest BCUT2D eigenvalue weighted by atomic mass is 35.5. The molecule has 1 amide bonds. The number of nitrogens with zero attached hydrogens (tertiary/aromatic N) is 2. The number of hydrogen-bond donors (Lipinski definition) is 1. The molecule has 1 heterocycles. The lowest BCUT2D eigenvalue weighted by Crippen LogP contribution is -2.18. The second-order valence-electron chi connectivity index (χ2n) is 4.76. The Kier molecular flexibility index (Phi) is 4.55. The number of amides is 1. The summed E-state index contributed by atoms with van der Waals surface area (Å²) >= 11 is 11.8. The minimum absolute atomic E-state index is 0.301. The van der Waals surface area contributed by atoms with E-state index in [2.05, 4.69) is 15.5 Å². The van der Waals surface area contributed by atoms with Crippen LogP contribution in [0.2, 0.25) is 10.0 Å². The topological polar surface area (TPSA) is 54.4 Å². The molecule has 0 saturated heterocycles. The predicted octanol–water partition coefficient (Wildman–Crippen LogP) is 4.31. The van der Waals surface area contributed by atoms with Crippen LogP contribution in [0.25, 0.3) is 10.9 Å². The van der Waals surface area contributed by atoms with Crippen molar-refractivity contribution in [1.82, 2.24) is 10.4 Å². The third kappa shape index (κ3) is 3.67. The van der Waals surface area contributed by atoms with Gasteiger partial charge in [0.1, 0.15) is 5.69 Å². The Morgan fingerprint density at radius 2 is 1.87 bits per heavy atom. The highest BCUT2D eigenvalue weighted by Gasteiger charge is 2.06. The molecule has 0 aliphatic carbocycles. The van der Waals surface area contributed by atoms with Gasteiger partial charge in [-0.2, -0.15) is 5.10 Å². The first-order valence-electron chi connectivity index (χ1n) is 6.78. The highest BCUT2D eigenvalue weighted by Crippen LogP contribution is 2.21. The SMILES string of the molecule is O=C(NN=Cc1ccc(Cl)c(Cl)c1)c1ccc2ccccc2n1. The van der Waals surface area contributed by atoms with Gasteiger partial charge in [0, 0.05) is 5.39 Å². The smallest absolute Gasteiger partial charge is 0.266 e. The number of carbonyl (C=O) groups is 1. The minimum atomic E-state index is -0.382. The summed E-state index contributed by atoms with van der Waals surface area (Å²) in [5.41, 5.74) is 4.22. The van der Waals surface area contributed by atoms with Crippen molar-refractivity contribution in [3.63, 3.8) is 0 Å². The summed E-state index contributed by atoms with van der Waals surface area (Å²) in [6.45, 7) is 0. The van der Waals surface area contributed by atoms with Gasteiger partial charge in [0.05, 0.1) is 21.8 Å². The van der Waals surface area contributed by atoms with Crippen LogP contribution in [0, 0.1) is 0 Å². The molecule has 0 aliphatic rings. The molecule has 0 fully saturated rings. The Morgan fingerprint density at radius 1 is 1.04 bits per heavy atom. The number of nitrogens with one attached hydrogen (secondary N) is 1. The van der Waals surface area contributed by atoms with Gasteiger partial charge in [0.2, 0.25) is 0 Å². The molecular weight excluding hydrogens is 333 g/mol. The number of pyridine rings is 1. The molecule has 0 bridgehead atoms. The van der Waals surface area contributed by atoms with Crippen LogP contribution in [0.1, 0.15) is 16.1 Å². The zero-order valence-corrected chi connectivity index (χ0v) is 13.3. The van der Waals surface area contributed by atoms with Crippen LogP contribution in [0.4, 0.5) is 0 Å². The van der Waals surface area contributed by atoms with E-state index in [9.17, 15) is 4.79 Å². The number of carbonyl (C=O) groups excluding carboxylic acids is 1. The van der Waals surface area contributed by atoms with E-state index in [-0.39, 0.29) is 5.91 Å². The van der Waals surface area contributed by atoms with Crippen molar-refractivity contribution in [3.05, 3.63) is 75.9 Å². The van der Waals surface area contributed by atoms with Crippen LogP contribution >= 0.6 is 23.2 Å². The Morgan fingerprint density at radius 3 is 2.70 bits per heavy atom. The molecule has 6 heteroatoms. The maximum atomic E-state index is 12.1. The predicted molar refractivity (Wildman–Crippen MR) is 93.3 cm³/mol. The molecule has 0 unspecified atom stereocenters. The van der Waals surface area contributed by atoms with E-state index in [1.165, 1.54) is 6.21 Å². The molecule has 23 heavy (non-hydrogen) atoms. The van der Waals surface area contributed by atoms with Gasteiger partial charge in [-0.15, -0.1) is 0 Å². The lowest BCUT2D eigenvalue weighted by molar-refractivity contribution is 0.0950. The zero-order chi connectivity index (χ0) is 16.2. The quantitative estimate of drug-likeness (QED) is 0.569. The molecule has 1 aromatic heterocycles. The summed E-state index contributed by atoms with van der Waals surface area (Å²) in [6.07, 6.45) is 1.49. The van der Waals surface area contributed by atoms with Crippen molar-refractivity contribution in [1.29, 1.82) is 0 Å². The molecule has 0 radical (unpaired) electrons. The molecule has 3 rings (SSSR count). The third-order valence-corrected chi connectivity index (χ3v) is 3.89. The van der Waals surface area contributed by atoms with Crippen molar-refractivity contribution < 1.29 is 4.79 Å². The summed E-state index contributed by atoms with van der Waals surface area (Å²) in [4.78, 5) is 16.4. The second-order valence-corrected chi connectivity index (χ2v) is 5.58. The summed E-state index contributed by atoms with van der Waals surface area (Å²) in [5.74, 6) is -0.382. The average Bonchev–Trinajstić information content (AvgIpc) is 2.57. The third-order valence-electron chi connectivity index (χ3n) is 3.15. The van der Waals surface area contributed by atoms with E-state index < -0.39 is 0 Å². The molecule has 3 aromatic rings. The Bertz CT molecular complexity index is 909. The van der Waals surface area contributed by atoms with E-state index in [4.69, 9.17) is 23.2 Å². The maximum Gasteiger partial charge on any atom is 0.289 e. The van der Waals surface area contributed by atoms with Crippen molar-refractivity contribution in [3.8, 4) is 0 Å². The standard InChI is InChI=1S/C17H11Cl2N3O/c18-13-7-5-11(9-14(13)19)10-20-22-17(23)16-8-6-12-3-1-2-4-15(12)21-16/h1-10H,(H,22,23). The van der Waals surface area contributed by atoms with Gasteiger partial charge in [0.15, 0.2) is 0 Å². The first-order valence-corrected chi connectivity index (χ1v) is 7.53. The molecule has 1 N–H and O–H groups in total. The fraction of sp³-hybridized carbons (Fsp3) is 0. The normalized spacial score (nSPS) is 11.0. The van der Waals surface area contributed by atoms with Gasteiger partial charge in [-0.1, -0.05) is 53.5 Å². The molecular formula is C17H11Cl2N3O. The van der Waals surface area contributed by atoms with Crippen LogP contribution in [-0.2, 0) is 0 Å². The first kappa shape index (κ1) is 15.5. The van der Waals surface area contributed by atoms with E-state index >= 15 is 0 Å². The van der Waals surface area contributed by atoms with Crippen LogP contribution in [-0.4, -0.2) is 17.1 Å². The zero-order valence-electron chi connectivity index (χ0n) is 11.8. The summed E-state index contributed by atoms with van der Waals surface area (Å²) in [7, 11) is 0. The van der Waals surface area contributed by atoms with Gasteiger partial charge in [-0.05, 0) is 29.8 Å². The van der Waals surface area contributed by atoms with Crippen molar-refractivity contribution in [2.24, 2.45) is 5.10 Å². The van der Waals surface area contributed by atoms with Gasteiger partial charge in [-0.25, -0.2) is 10.4 Å². The van der Waals surface area contributed by atoms with Gasteiger partial charge in [0.25, 0.3) is 5.91 Å². The molecule has 2 aromatic carbocycles. The average molecular weight is 344 g/mol. The van der Waals surface area contributed by atoms with Crippen molar-refractivity contribution >= 4 is 46.2 Å². The summed E-state index contributed by atoms with van der Waals surface area (Å²) in [5, 5.41) is 5.77. The molecule has 0 atom stereocenters. The van der Waals surface area contributed by atoms with E-state index in [1.807, 2.05) is 30.3 Å². The Balaban J connectivity index is 1.72. The monoisotopic (exact) mass is 343 g/mol. The number of rotatable bonds is 3. The summed E-state index contributed by atoms with van der Waals surface area (Å²) < 4.78 is 0. The fourth-order valence-electron chi connectivity index (χ4n) is 2.01. The van der Waals surface area contributed by atoms with Crippen molar-refractivity contribution in [2.75, 3.05) is 0 Å². The van der Waals surface area contributed by atoms with E-state index in [1.54, 1.807) is 24.3 Å². The number of aromatic nitrogens is 1. The Labute approximate surface area is 142 Å². The van der Waals surface area contributed by atoms with Gasteiger partial charge >= 0.3 is 0 Å². The number of para-hydroxylation sites is 1. The lowest BCUT2D eigenvalue weighted by Gasteiger charge is -2.02. The molecule has 4 nitrogen and oxygen atoms in total. The van der Waals surface area contributed by atoms with Crippen LogP contribution in [0.15, 0.2) is 59.7 Å². The molecule has 0 saturated carbocycles. The van der Waals surface area contributed by atoms with Crippen LogP contribution < -0.4 is 5.43 Å². The first-order chi connectivity index (χ1) is 11.1. The van der Waals surface area contributed by atoms with Crippen LogP contribution in [0.5, 0.6) is 0 Å². The molecule has 0 aliphatic heterocycles. The highest BCUT2D eigenvalue weighted by molar-refractivity contribution is 6.42. The van der Waals surface area contributed by atoms with Gasteiger partial charge in [-0.3, -0.25) is 4.79 Å². The maximum absolute atomic E-state index is 12.1. The second kappa shape index (κ2) is 6.77. The minimum Gasteiger partial charge on any atom is -0.266 e. The number of halogens is 2. The number of hydrogen-bond acceptors (Lipinski definition) is 3. The van der Waals surface area contributed by atoms with Crippen LogP contribution in [0.3, 0.4) is 0 Å². The fourth-order valence-corrected chi connectivity index (χ4v) is 2.31. The summed E-state index contributed by atoms with van der Waals surface area (Å²) in [6, 6.07) is 16.2. The van der Waals surface area contributed by atoms with Crippen molar-refractivity contribution in [2.45, 2.75) is 0 Å². The number of hydrazone groups is 1. The molecule has 0 spiro atoms. The number of fused-ring (bicyclic) bond motifs is 1. The largest absolute Gasteiger partial charge is 0.289 e. The van der Waals surface area contributed by atoms with E-state index in [0.29, 0.717) is 15.7 Å². The van der Waals surface area contributed by atoms with Gasteiger partial charge < -0.3 is 0 Å². The van der Waals surface area contributed by atoms with E-state index in [0.717, 1.165) is 16.5 Å². The Hall–Kier alpha value is -2.43. The number of benzene rings is 2. The molecule has 114 valence electrons. The lowest BCUT2D eigenvalue weighted by atomic mass is 10.2.